The van der Waals surface area contributed by atoms with Gasteiger partial charge in [-0.15, -0.1) is 11.3 Å². The van der Waals surface area contributed by atoms with Crippen LogP contribution in [-0.4, -0.2) is 30.2 Å². The summed E-state index contributed by atoms with van der Waals surface area (Å²) in [6.07, 6.45) is 1.29. The van der Waals surface area contributed by atoms with Gasteiger partial charge in [-0.25, -0.2) is 18.2 Å². The smallest absolute Gasteiger partial charge is 0.365 e. The highest BCUT2D eigenvalue weighted by Crippen LogP contribution is 2.16. The lowest BCUT2D eigenvalue weighted by Gasteiger charge is -1.95. The molecule has 0 bridgehead atoms. The molecule has 0 aliphatic carbocycles. The predicted octanol–water partition coefficient (Wildman–Crippen LogP) is 0.776. The summed E-state index contributed by atoms with van der Waals surface area (Å²) in [5.41, 5.74) is 0. The van der Waals surface area contributed by atoms with Gasteiger partial charge in [0.2, 0.25) is 5.01 Å². The molecule has 7 heteroatoms. The Morgan fingerprint density at radius 3 is 2.71 bits per heavy atom. The van der Waals surface area contributed by atoms with Crippen molar-refractivity contribution in [2.45, 2.75) is 12.7 Å². The first-order valence-electron chi connectivity index (χ1n) is 3.83. The van der Waals surface area contributed by atoms with Gasteiger partial charge >= 0.3 is 5.97 Å². The van der Waals surface area contributed by atoms with Gasteiger partial charge in [0.05, 0.1) is 5.75 Å². The molecule has 1 rings (SSSR count). The van der Waals surface area contributed by atoms with Crippen LogP contribution in [0.5, 0.6) is 0 Å². The summed E-state index contributed by atoms with van der Waals surface area (Å²) in [5.74, 6) is -1.21. The fourth-order valence-electron chi connectivity index (χ4n) is 0.792. The third kappa shape index (κ3) is 2.78. The highest BCUT2D eigenvalue weighted by Gasteiger charge is 2.14. The first-order valence-corrected chi connectivity index (χ1v) is 6.47. The van der Waals surface area contributed by atoms with E-state index in [0.29, 0.717) is 4.88 Å². The molecule has 0 aliphatic heterocycles. The van der Waals surface area contributed by atoms with Gasteiger partial charge in [0, 0.05) is 16.8 Å². The van der Waals surface area contributed by atoms with E-state index in [9.17, 15) is 13.2 Å². The zero-order chi connectivity index (χ0) is 10.8. The van der Waals surface area contributed by atoms with Gasteiger partial charge in [0.1, 0.15) is 0 Å². The Labute approximate surface area is 85.3 Å². The molecule has 1 heterocycles. The summed E-state index contributed by atoms with van der Waals surface area (Å²) in [5, 5.41) is 8.47. The van der Waals surface area contributed by atoms with Gasteiger partial charge < -0.3 is 5.11 Å². The van der Waals surface area contributed by atoms with Crippen molar-refractivity contribution >= 4 is 27.1 Å². The van der Waals surface area contributed by atoms with Crippen LogP contribution in [0.25, 0.3) is 0 Å². The number of aromatic carboxylic acids is 1. The van der Waals surface area contributed by atoms with Crippen molar-refractivity contribution in [1.82, 2.24) is 4.98 Å². The molecule has 0 saturated heterocycles. The van der Waals surface area contributed by atoms with Crippen molar-refractivity contribution in [2.24, 2.45) is 0 Å². The minimum atomic E-state index is -3.11. The number of nitrogens with zero attached hydrogens (tertiary/aromatic N) is 1. The molecule has 1 N–H and O–H groups in total. The molecule has 1 aromatic rings. The summed E-state index contributed by atoms with van der Waals surface area (Å²) in [6.45, 7) is 1.55. The predicted molar refractivity (Wildman–Crippen MR) is 52.2 cm³/mol. The van der Waals surface area contributed by atoms with E-state index in [-0.39, 0.29) is 16.5 Å². The maximum Gasteiger partial charge on any atom is 0.365 e. The monoisotopic (exact) mass is 235 g/mol. The normalized spacial score (nSPS) is 11.5. The average molecular weight is 235 g/mol. The molecule has 5 nitrogen and oxygen atoms in total. The molecule has 0 spiro atoms. The third-order valence-corrected chi connectivity index (χ3v) is 4.34. The van der Waals surface area contributed by atoms with Crippen LogP contribution in [0.15, 0.2) is 6.20 Å². The van der Waals surface area contributed by atoms with Crippen LogP contribution in [0, 0.1) is 0 Å². The van der Waals surface area contributed by atoms with E-state index in [1.54, 1.807) is 6.92 Å². The van der Waals surface area contributed by atoms with Gasteiger partial charge in [-0.1, -0.05) is 6.92 Å². The molecule has 0 amide bonds. The van der Waals surface area contributed by atoms with Crippen molar-refractivity contribution in [3.05, 3.63) is 16.1 Å². The van der Waals surface area contributed by atoms with E-state index < -0.39 is 15.8 Å². The van der Waals surface area contributed by atoms with Crippen molar-refractivity contribution in [3.8, 4) is 0 Å². The third-order valence-electron chi connectivity index (χ3n) is 1.54. The Kier molecular flexibility index (Phi) is 3.22. The number of hydrogen-bond acceptors (Lipinski definition) is 5. The molecule has 0 atom stereocenters. The lowest BCUT2D eigenvalue weighted by Crippen LogP contribution is -2.05. The first-order chi connectivity index (χ1) is 6.44. The number of thiazole rings is 1. The van der Waals surface area contributed by atoms with Crippen LogP contribution < -0.4 is 0 Å². The van der Waals surface area contributed by atoms with Crippen LogP contribution in [-0.2, 0) is 15.6 Å². The lowest BCUT2D eigenvalue weighted by molar-refractivity contribution is 0.0696. The van der Waals surface area contributed by atoms with Gasteiger partial charge in [0.15, 0.2) is 9.84 Å². The minimum Gasteiger partial charge on any atom is -0.476 e. The van der Waals surface area contributed by atoms with E-state index in [2.05, 4.69) is 4.98 Å². The summed E-state index contributed by atoms with van der Waals surface area (Å²) >= 11 is 0.893. The Balaban J connectivity index is 2.84. The Hall–Kier alpha value is -0.950. The van der Waals surface area contributed by atoms with Gasteiger partial charge in [-0.3, -0.25) is 0 Å². The number of aromatic nitrogens is 1. The fraction of sp³-hybridized carbons (Fsp3) is 0.429. The van der Waals surface area contributed by atoms with Crippen LogP contribution in [0.3, 0.4) is 0 Å². The Morgan fingerprint density at radius 2 is 2.29 bits per heavy atom. The Morgan fingerprint density at radius 1 is 1.64 bits per heavy atom. The second-order valence-corrected chi connectivity index (χ2v) is 6.08. The van der Waals surface area contributed by atoms with Crippen molar-refractivity contribution in [3.63, 3.8) is 0 Å². The van der Waals surface area contributed by atoms with Crippen molar-refractivity contribution in [2.75, 3.05) is 5.75 Å². The lowest BCUT2D eigenvalue weighted by atomic mass is 10.6. The number of sulfone groups is 1. The molecule has 78 valence electrons. The topological polar surface area (TPSA) is 84.3 Å². The first kappa shape index (κ1) is 11.1. The molecular formula is C7H9NO4S2. The van der Waals surface area contributed by atoms with Crippen molar-refractivity contribution < 1.29 is 18.3 Å². The molecular weight excluding hydrogens is 226 g/mol. The minimum absolute atomic E-state index is 0.0489. The summed E-state index contributed by atoms with van der Waals surface area (Å²) < 4.78 is 22.4. The molecule has 0 saturated carbocycles. The fourth-order valence-corrected chi connectivity index (χ4v) is 2.82. The largest absolute Gasteiger partial charge is 0.476 e. The number of carboxylic acids is 1. The summed E-state index contributed by atoms with van der Waals surface area (Å²) in [4.78, 5) is 14.5. The van der Waals surface area contributed by atoms with Gasteiger partial charge in [-0.2, -0.15) is 0 Å². The molecule has 0 aromatic carbocycles. The summed E-state index contributed by atoms with van der Waals surface area (Å²) in [7, 11) is -3.11. The molecule has 0 unspecified atom stereocenters. The number of hydrogen-bond donors (Lipinski definition) is 1. The zero-order valence-electron chi connectivity index (χ0n) is 7.43. The molecule has 0 fully saturated rings. The SMILES string of the molecule is CCS(=O)(=O)Cc1cnc(C(=O)O)s1. The van der Waals surface area contributed by atoms with Crippen molar-refractivity contribution in [1.29, 1.82) is 0 Å². The second kappa shape index (κ2) is 4.05. The maximum absolute atomic E-state index is 11.2. The van der Waals surface area contributed by atoms with Gasteiger partial charge in [0.25, 0.3) is 0 Å². The molecule has 0 radical (unpaired) electrons. The van der Waals surface area contributed by atoms with E-state index in [4.69, 9.17) is 5.11 Å². The highest BCUT2D eigenvalue weighted by atomic mass is 32.2. The van der Waals surface area contributed by atoms with Crippen LogP contribution in [0.2, 0.25) is 0 Å². The molecule has 0 aliphatic rings. The van der Waals surface area contributed by atoms with Gasteiger partial charge in [-0.05, 0) is 0 Å². The number of carbonyl (C=O) groups is 1. The van der Waals surface area contributed by atoms with E-state index >= 15 is 0 Å². The van der Waals surface area contributed by atoms with Crippen LogP contribution in [0.4, 0.5) is 0 Å². The number of rotatable bonds is 4. The quantitative estimate of drug-likeness (QED) is 0.833. The Bertz CT molecular complexity index is 434. The second-order valence-electron chi connectivity index (χ2n) is 2.61. The highest BCUT2D eigenvalue weighted by molar-refractivity contribution is 7.90. The maximum atomic E-state index is 11.2. The van der Waals surface area contributed by atoms with E-state index in [0.717, 1.165) is 11.3 Å². The average Bonchev–Trinajstić information content (AvgIpc) is 2.52. The number of carboxylic acid groups (broad SMARTS) is 1. The molecule has 14 heavy (non-hydrogen) atoms. The summed E-state index contributed by atoms with van der Waals surface area (Å²) in [6, 6.07) is 0. The van der Waals surface area contributed by atoms with E-state index in [1.165, 1.54) is 6.20 Å². The molecule has 1 aromatic heterocycles. The zero-order valence-corrected chi connectivity index (χ0v) is 9.06. The standard InChI is InChI=1S/C7H9NO4S2/c1-2-14(11,12)4-5-3-8-6(13-5)7(9)10/h3H,2,4H2,1H3,(H,9,10). The van der Waals surface area contributed by atoms with Crippen LogP contribution in [0.1, 0.15) is 21.6 Å². The van der Waals surface area contributed by atoms with Crippen LogP contribution >= 0.6 is 11.3 Å². The van der Waals surface area contributed by atoms with E-state index in [1.807, 2.05) is 0 Å².